The number of rotatable bonds is 11. The van der Waals surface area contributed by atoms with Crippen molar-refractivity contribution in [2.45, 2.75) is 65.2 Å². The van der Waals surface area contributed by atoms with Gasteiger partial charge >= 0.3 is 0 Å². The maximum absolute atomic E-state index is 13.1. The summed E-state index contributed by atoms with van der Waals surface area (Å²) >= 11 is 0. The maximum Gasteiger partial charge on any atom is 0.251 e. The Morgan fingerprint density at radius 2 is 1.85 bits per heavy atom. The number of amides is 1. The molecule has 3 aromatic carbocycles. The zero-order valence-electron chi connectivity index (χ0n) is 24.0. The second-order valence-electron chi connectivity index (χ2n) is 10.7. The summed E-state index contributed by atoms with van der Waals surface area (Å²) in [6.45, 7) is 5.29. The van der Waals surface area contributed by atoms with Crippen LogP contribution in [0.15, 0.2) is 72.8 Å². The minimum absolute atomic E-state index is 0.0972. The van der Waals surface area contributed by atoms with Gasteiger partial charge in [0.2, 0.25) is 0 Å². The van der Waals surface area contributed by atoms with E-state index in [1.54, 1.807) is 6.07 Å². The molecule has 40 heavy (non-hydrogen) atoms. The summed E-state index contributed by atoms with van der Waals surface area (Å²) in [5.74, 6) is 1.37. The molecule has 2 N–H and O–H groups in total. The standard InChI is InChI=1S/C36H43NO3/c1-3-5-19-29-23-31(24-34(38)32(29)13-4-2)33-21-20-30(25-35(33)40-26-28-16-10-7-11-17-28)36(39)37-22-12-18-27-14-8-6-9-15-27/h3,5-6,8-9,13-15,19-21,23-25,28,38H,4,7,10-12,16-18,22,26H2,1-2H3,(H,37,39)/b5-3-,29-19-,32-13-. The summed E-state index contributed by atoms with van der Waals surface area (Å²) in [4.78, 5) is 13.1. The van der Waals surface area contributed by atoms with E-state index < -0.39 is 0 Å². The molecule has 210 valence electrons. The van der Waals surface area contributed by atoms with Crippen molar-refractivity contribution in [3.05, 3.63) is 94.4 Å². The highest BCUT2D eigenvalue weighted by atomic mass is 16.5. The van der Waals surface area contributed by atoms with Crippen molar-refractivity contribution in [3.63, 3.8) is 0 Å². The Bertz CT molecular complexity index is 1400. The van der Waals surface area contributed by atoms with Gasteiger partial charge in [0, 0.05) is 22.9 Å². The number of hydrogen-bond acceptors (Lipinski definition) is 3. The number of carbonyl (C=O) groups is 1. The first-order chi connectivity index (χ1) is 19.6. The van der Waals surface area contributed by atoms with Crippen molar-refractivity contribution in [3.8, 4) is 22.6 Å². The molecule has 0 unspecified atom stereocenters. The highest BCUT2D eigenvalue weighted by Gasteiger charge is 2.17. The number of benzene rings is 3. The molecule has 3 aromatic rings. The van der Waals surface area contributed by atoms with E-state index in [1.165, 1.54) is 37.7 Å². The second-order valence-corrected chi connectivity index (χ2v) is 10.7. The van der Waals surface area contributed by atoms with Crippen LogP contribution in [0.2, 0.25) is 0 Å². The van der Waals surface area contributed by atoms with Gasteiger partial charge in [-0.3, -0.25) is 4.79 Å². The van der Waals surface area contributed by atoms with Gasteiger partial charge in [-0.2, -0.15) is 0 Å². The average Bonchev–Trinajstić information content (AvgIpc) is 2.99. The molecule has 1 fully saturated rings. The molecule has 0 aliphatic heterocycles. The van der Waals surface area contributed by atoms with Crippen LogP contribution in [0.1, 0.15) is 74.7 Å². The summed E-state index contributed by atoms with van der Waals surface area (Å²) in [7, 11) is 0. The van der Waals surface area contributed by atoms with Gasteiger partial charge in [0.25, 0.3) is 5.91 Å². The fourth-order valence-electron chi connectivity index (χ4n) is 5.40. The van der Waals surface area contributed by atoms with Crippen LogP contribution in [-0.4, -0.2) is 24.2 Å². The molecule has 0 atom stereocenters. The number of aromatic hydroxyl groups is 1. The first kappa shape index (κ1) is 29.2. The van der Waals surface area contributed by atoms with Gasteiger partial charge in [-0.25, -0.2) is 0 Å². The number of hydrogen-bond donors (Lipinski definition) is 2. The van der Waals surface area contributed by atoms with Crippen LogP contribution in [0.3, 0.4) is 0 Å². The second kappa shape index (κ2) is 15.1. The van der Waals surface area contributed by atoms with Crippen LogP contribution in [0.5, 0.6) is 11.5 Å². The SMILES string of the molecule is C\C=C/C=c1/cc(-c2ccc(C(=O)NCCCc3ccccc3)cc2OCC2CCCCC2)cc(O)/c1=C\CC. The maximum atomic E-state index is 13.1. The lowest BCUT2D eigenvalue weighted by molar-refractivity contribution is 0.0952. The van der Waals surface area contributed by atoms with Crippen molar-refractivity contribution in [1.82, 2.24) is 5.32 Å². The molecule has 0 heterocycles. The zero-order valence-corrected chi connectivity index (χ0v) is 24.0. The van der Waals surface area contributed by atoms with Crippen molar-refractivity contribution in [2.75, 3.05) is 13.2 Å². The summed E-state index contributed by atoms with van der Waals surface area (Å²) in [5.41, 5.74) is 3.61. The molecule has 1 aliphatic rings. The molecular formula is C36H43NO3. The smallest absolute Gasteiger partial charge is 0.251 e. The third-order valence-corrected chi connectivity index (χ3v) is 7.59. The number of ether oxygens (including phenoxy) is 1. The molecule has 1 amide bonds. The average molecular weight is 538 g/mol. The lowest BCUT2D eigenvalue weighted by atomic mass is 9.90. The summed E-state index contributed by atoms with van der Waals surface area (Å²) in [6.07, 6.45) is 16.8. The van der Waals surface area contributed by atoms with Gasteiger partial charge in [0.05, 0.1) is 6.61 Å². The van der Waals surface area contributed by atoms with E-state index in [1.807, 2.05) is 67.6 Å². The van der Waals surface area contributed by atoms with E-state index in [2.05, 4.69) is 30.4 Å². The van der Waals surface area contributed by atoms with E-state index in [0.717, 1.165) is 40.8 Å². The van der Waals surface area contributed by atoms with Gasteiger partial charge in [-0.1, -0.05) is 80.8 Å². The monoisotopic (exact) mass is 537 g/mol. The third-order valence-electron chi connectivity index (χ3n) is 7.59. The molecule has 4 rings (SSSR count). The Morgan fingerprint density at radius 3 is 2.60 bits per heavy atom. The molecule has 0 radical (unpaired) electrons. The Morgan fingerprint density at radius 1 is 1.05 bits per heavy atom. The van der Waals surface area contributed by atoms with Crippen molar-refractivity contribution in [1.29, 1.82) is 0 Å². The zero-order chi connectivity index (χ0) is 28.2. The molecule has 1 saturated carbocycles. The number of nitrogens with one attached hydrogen (secondary N) is 1. The van der Waals surface area contributed by atoms with Crippen LogP contribution >= 0.6 is 0 Å². The van der Waals surface area contributed by atoms with Gasteiger partial charge in [0.1, 0.15) is 11.5 Å². The van der Waals surface area contributed by atoms with Crippen LogP contribution in [0.25, 0.3) is 23.3 Å². The van der Waals surface area contributed by atoms with E-state index in [-0.39, 0.29) is 11.7 Å². The minimum atomic E-state index is -0.0972. The van der Waals surface area contributed by atoms with E-state index >= 15 is 0 Å². The van der Waals surface area contributed by atoms with Crippen LogP contribution in [-0.2, 0) is 6.42 Å². The predicted molar refractivity (Wildman–Crippen MR) is 166 cm³/mol. The fraction of sp³-hybridized carbons (Fsp3) is 0.361. The van der Waals surface area contributed by atoms with E-state index in [0.29, 0.717) is 30.4 Å². The van der Waals surface area contributed by atoms with Gasteiger partial charge in [0.15, 0.2) is 0 Å². The number of phenolic OH excluding ortho intramolecular Hbond substituents is 1. The molecule has 0 saturated heterocycles. The Hall–Kier alpha value is -3.79. The number of aryl methyl sites for hydroxylation is 1. The summed E-state index contributed by atoms with van der Waals surface area (Å²) in [5, 5.41) is 15.8. The molecule has 0 aromatic heterocycles. The van der Waals surface area contributed by atoms with Crippen LogP contribution < -0.4 is 20.5 Å². The first-order valence-corrected chi connectivity index (χ1v) is 14.8. The topological polar surface area (TPSA) is 58.6 Å². The first-order valence-electron chi connectivity index (χ1n) is 14.8. The van der Waals surface area contributed by atoms with Crippen LogP contribution in [0.4, 0.5) is 0 Å². The van der Waals surface area contributed by atoms with Crippen molar-refractivity contribution in [2.24, 2.45) is 5.92 Å². The molecule has 1 aliphatic carbocycles. The van der Waals surface area contributed by atoms with Crippen LogP contribution in [0, 0.1) is 5.92 Å². The quantitative estimate of drug-likeness (QED) is 0.261. The highest BCUT2D eigenvalue weighted by molar-refractivity contribution is 5.95. The lowest BCUT2D eigenvalue weighted by Crippen LogP contribution is -2.25. The Kier molecular flexibility index (Phi) is 11.0. The molecular weight excluding hydrogens is 494 g/mol. The molecule has 0 bridgehead atoms. The molecule has 4 heteroatoms. The van der Waals surface area contributed by atoms with Gasteiger partial charge in [-0.15, -0.1) is 0 Å². The Balaban J connectivity index is 1.60. The van der Waals surface area contributed by atoms with E-state index in [4.69, 9.17) is 4.74 Å². The summed E-state index contributed by atoms with van der Waals surface area (Å²) in [6, 6.07) is 19.9. The van der Waals surface area contributed by atoms with Gasteiger partial charge < -0.3 is 15.2 Å². The lowest BCUT2D eigenvalue weighted by Gasteiger charge is -2.23. The number of allylic oxidation sites excluding steroid dienone is 2. The largest absolute Gasteiger partial charge is 0.507 e. The number of carbonyl (C=O) groups excluding carboxylic acids is 1. The summed E-state index contributed by atoms with van der Waals surface area (Å²) < 4.78 is 6.45. The molecule has 0 spiro atoms. The van der Waals surface area contributed by atoms with Crippen molar-refractivity contribution >= 4 is 18.1 Å². The highest BCUT2D eigenvalue weighted by Crippen LogP contribution is 2.33. The van der Waals surface area contributed by atoms with Crippen molar-refractivity contribution < 1.29 is 14.6 Å². The minimum Gasteiger partial charge on any atom is -0.507 e. The normalized spacial score (nSPS) is 15.1. The fourth-order valence-corrected chi connectivity index (χ4v) is 5.40. The Labute approximate surface area is 239 Å². The third kappa shape index (κ3) is 8.11. The number of phenols is 1. The van der Waals surface area contributed by atoms with E-state index in [9.17, 15) is 9.90 Å². The predicted octanol–water partition coefficient (Wildman–Crippen LogP) is 6.93. The van der Waals surface area contributed by atoms with Gasteiger partial charge in [-0.05, 0) is 91.6 Å². The molecule has 4 nitrogen and oxygen atoms in total.